The molecule has 0 spiro atoms. The lowest BCUT2D eigenvalue weighted by Crippen LogP contribution is -2.39. The molecule has 3 rings (SSSR count). The first-order valence-electron chi connectivity index (χ1n) is 8.57. The van der Waals surface area contributed by atoms with Crippen molar-refractivity contribution in [2.75, 3.05) is 27.2 Å². The fourth-order valence-electron chi connectivity index (χ4n) is 3.47. The van der Waals surface area contributed by atoms with Gasteiger partial charge in [-0.15, -0.1) is 0 Å². The first kappa shape index (κ1) is 16.7. The average Bonchev–Trinajstić information content (AvgIpc) is 3.00. The Bertz CT molecular complexity index is 690. The maximum Gasteiger partial charge on any atom is 0.253 e. The minimum atomic E-state index is 0.133. The number of hydrogen-bond acceptors (Lipinski definition) is 3. The van der Waals surface area contributed by atoms with Crippen molar-refractivity contribution >= 4 is 5.91 Å². The minimum Gasteiger partial charge on any atom is -0.338 e. The molecule has 128 valence electrons. The van der Waals surface area contributed by atoms with Crippen LogP contribution in [0, 0.1) is 6.92 Å². The van der Waals surface area contributed by atoms with Crippen molar-refractivity contribution in [1.29, 1.82) is 0 Å². The van der Waals surface area contributed by atoms with E-state index in [0.717, 1.165) is 38.0 Å². The molecule has 0 bridgehead atoms. The maximum atomic E-state index is 12.8. The molecule has 1 aromatic carbocycles. The molecule has 1 aliphatic rings. The van der Waals surface area contributed by atoms with Crippen LogP contribution >= 0.6 is 0 Å². The lowest BCUT2D eigenvalue weighted by atomic mass is 9.92. The third-order valence-corrected chi connectivity index (χ3v) is 4.68. The molecule has 0 unspecified atom stereocenters. The summed E-state index contributed by atoms with van der Waals surface area (Å²) in [7, 11) is 4.09. The van der Waals surface area contributed by atoms with E-state index in [9.17, 15) is 4.79 Å². The van der Waals surface area contributed by atoms with Crippen LogP contribution in [0.2, 0.25) is 0 Å². The lowest BCUT2D eigenvalue weighted by molar-refractivity contribution is 0.0705. The summed E-state index contributed by atoms with van der Waals surface area (Å²) in [5, 5.41) is 7.23. The Labute approximate surface area is 143 Å². The van der Waals surface area contributed by atoms with Crippen molar-refractivity contribution in [2.45, 2.75) is 32.2 Å². The normalized spacial score (nSPS) is 18.2. The fourth-order valence-corrected chi connectivity index (χ4v) is 3.47. The number of carbonyl (C=O) groups excluding carboxylic acids is 1. The standard InChI is InChI=1S/C19H26N4O/c1-14-11-20-21-18(14)17-5-4-10-23(13-17)19(24)16-8-6-15(7-9-16)12-22(2)3/h6-9,11,17H,4-5,10,12-13H2,1-3H3,(H,20,21)/t17-/m1/s1. The molecule has 1 amide bonds. The molecule has 0 radical (unpaired) electrons. The van der Waals surface area contributed by atoms with Crippen LogP contribution in [0.5, 0.6) is 0 Å². The second-order valence-electron chi connectivity index (χ2n) is 6.99. The summed E-state index contributed by atoms with van der Waals surface area (Å²) in [4.78, 5) is 16.9. The number of carbonyl (C=O) groups is 1. The van der Waals surface area contributed by atoms with Crippen molar-refractivity contribution in [2.24, 2.45) is 0 Å². The number of aryl methyl sites for hydroxylation is 1. The Balaban J connectivity index is 1.69. The van der Waals surface area contributed by atoms with E-state index in [1.54, 1.807) is 0 Å². The molecular weight excluding hydrogens is 300 g/mol. The number of rotatable bonds is 4. The largest absolute Gasteiger partial charge is 0.338 e. The molecule has 24 heavy (non-hydrogen) atoms. The van der Waals surface area contributed by atoms with E-state index in [2.05, 4.69) is 22.0 Å². The van der Waals surface area contributed by atoms with E-state index in [4.69, 9.17) is 0 Å². The van der Waals surface area contributed by atoms with Crippen LogP contribution in [0.1, 0.15) is 45.9 Å². The van der Waals surface area contributed by atoms with Gasteiger partial charge in [-0.1, -0.05) is 12.1 Å². The SMILES string of the molecule is Cc1cn[nH]c1[C@@H]1CCCN(C(=O)c2ccc(CN(C)C)cc2)C1. The molecule has 1 N–H and O–H groups in total. The lowest BCUT2D eigenvalue weighted by Gasteiger charge is -2.32. The number of aromatic amines is 1. The molecule has 2 heterocycles. The van der Waals surface area contributed by atoms with Gasteiger partial charge in [-0.3, -0.25) is 9.89 Å². The van der Waals surface area contributed by atoms with Gasteiger partial charge >= 0.3 is 0 Å². The Morgan fingerprint density at radius 1 is 1.33 bits per heavy atom. The van der Waals surface area contributed by atoms with Crippen molar-refractivity contribution in [3.8, 4) is 0 Å². The van der Waals surface area contributed by atoms with Crippen LogP contribution in [-0.2, 0) is 6.54 Å². The smallest absolute Gasteiger partial charge is 0.253 e. The van der Waals surface area contributed by atoms with Crippen LogP contribution in [0.25, 0.3) is 0 Å². The zero-order valence-corrected chi connectivity index (χ0v) is 14.7. The van der Waals surface area contributed by atoms with Crippen LogP contribution in [0.3, 0.4) is 0 Å². The molecule has 2 aromatic rings. The van der Waals surface area contributed by atoms with Crippen molar-refractivity contribution in [3.63, 3.8) is 0 Å². The summed E-state index contributed by atoms with van der Waals surface area (Å²) in [5.74, 6) is 0.492. The van der Waals surface area contributed by atoms with Gasteiger partial charge < -0.3 is 9.80 Å². The first-order chi connectivity index (χ1) is 11.5. The molecule has 5 nitrogen and oxygen atoms in total. The number of amides is 1. The summed E-state index contributed by atoms with van der Waals surface area (Å²) in [6.45, 7) is 4.56. The molecule has 5 heteroatoms. The average molecular weight is 326 g/mol. The van der Waals surface area contributed by atoms with E-state index in [1.165, 1.54) is 16.8 Å². The van der Waals surface area contributed by atoms with Crippen molar-refractivity contribution in [1.82, 2.24) is 20.0 Å². The van der Waals surface area contributed by atoms with Gasteiger partial charge in [0.05, 0.1) is 6.20 Å². The number of H-pyrrole nitrogens is 1. The summed E-state index contributed by atoms with van der Waals surface area (Å²) in [6.07, 6.45) is 4.00. The van der Waals surface area contributed by atoms with Crippen LogP contribution in [0.4, 0.5) is 0 Å². The molecule has 1 saturated heterocycles. The summed E-state index contributed by atoms with van der Waals surface area (Å²) < 4.78 is 0. The molecule has 0 saturated carbocycles. The third-order valence-electron chi connectivity index (χ3n) is 4.68. The summed E-state index contributed by atoms with van der Waals surface area (Å²) in [6, 6.07) is 8.00. The Hall–Kier alpha value is -2.14. The van der Waals surface area contributed by atoms with E-state index in [1.807, 2.05) is 49.5 Å². The minimum absolute atomic E-state index is 0.133. The van der Waals surface area contributed by atoms with Crippen molar-refractivity contribution in [3.05, 3.63) is 52.8 Å². The monoisotopic (exact) mass is 326 g/mol. The van der Waals surface area contributed by atoms with E-state index >= 15 is 0 Å². The van der Waals surface area contributed by atoms with E-state index < -0.39 is 0 Å². The predicted octanol–water partition coefficient (Wildman–Crippen LogP) is 2.80. The van der Waals surface area contributed by atoms with Crippen LogP contribution in [0.15, 0.2) is 30.5 Å². The molecular formula is C19H26N4O. The zero-order chi connectivity index (χ0) is 17.1. The number of piperidine rings is 1. The molecule has 0 aliphatic carbocycles. The molecule has 1 aromatic heterocycles. The van der Waals surface area contributed by atoms with Crippen LogP contribution < -0.4 is 0 Å². The molecule has 1 fully saturated rings. The van der Waals surface area contributed by atoms with Gasteiger partial charge in [0.1, 0.15) is 0 Å². The summed E-state index contributed by atoms with van der Waals surface area (Å²) >= 11 is 0. The zero-order valence-electron chi connectivity index (χ0n) is 14.7. The van der Waals surface area contributed by atoms with E-state index in [0.29, 0.717) is 5.92 Å². The van der Waals surface area contributed by atoms with E-state index in [-0.39, 0.29) is 5.91 Å². The number of hydrogen-bond donors (Lipinski definition) is 1. The fraction of sp³-hybridized carbons (Fsp3) is 0.474. The van der Waals surface area contributed by atoms with Gasteiger partial charge in [0.25, 0.3) is 5.91 Å². The van der Waals surface area contributed by atoms with Gasteiger partial charge in [0.15, 0.2) is 0 Å². The third kappa shape index (κ3) is 3.67. The van der Waals surface area contributed by atoms with Gasteiger partial charge in [-0.25, -0.2) is 0 Å². The number of nitrogens with one attached hydrogen (secondary N) is 1. The highest BCUT2D eigenvalue weighted by Crippen LogP contribution is 2.28. The number of likely N-dealkylation sites (tertiary alicyclic amines) is 1. The number of benzene rings is 1. The van der Waals surface area contributed by atoms with Crippen LogP contribution in [-0.4, -0.2) is 53.1 Å². The van der Waals surface area contributed by atoms with Crippen molar-refractivity contribution < 1.29 is 4.79 Å². The highest BCUT2D eigenvalue weighted by molar-refractivity contribution is 5.94. The number of aromatic nitrogens is 2. The highest BCUT2D eigenvalue weighted by atomic mass is 16.2. The Morgan fingerprint density at radius 3 is 2.71 bits per heavy atom. The summed E-state index contributed by atoms with van der Waals surface area (Å²) in [5.41, 5.74) is 4.36. The van der Waals surface area contributed by atoms with Gasteiger partial charge in [0.2, 0.25) is 0 Å². The molecule has 1 atom stereocenters. The quantitative estimate of drug-likeness (QED) is 0.940. The Kier molecular flexibility index (Phi) is 5.00. The second-order valence-corrected chi connectivity index (χ2v) is 6.99. The topological polar surface area (TPSA) is 52.2 Å². The first-order valence-corrected chi connectivity index (χ1v) is 8.57. The highest BCUT2D eigenvalue weighted by Gasteiger charge is 2.27. The van der Waals surface area contributed by atoms with Gasteiger partial charge in [-0.2, -0.15) is 5.10 Å². The molecule has 1 aliphatic heterocycles. The second kappa shape index (κ2) is 7.18. The van der Waals surface area contributed by atoms with Gasteiger partial charge in [-0.05, 0) is 57.1 Å². The predicted molar refractivity (Wildman–Crippen MR) is 95.0 cm³/mol. The number of nitrogens with zero attached hydrogens (tertiary/aromatic N) is 3. The maximum absolute atomic E-state index is 12.8. The Morgan fingerprint density at radius 2 is 2.08 bits per heavy atom. The van der Waals surface area contributed by atoms with Gasteiger partial charge in [0, 0.05) is 36.8 Å².